The van der Waals surface area contributed by atoms with Crippen molar-refractivity contribution < 1.29 is 9.21 Å². The predicted molar refractivity (Wildman–Crippen MR) is 122 cm³/mol. The Morgan fingerprint density at radius 3 is 2.43 bits per heavy atom. The van der Waals surface area contributed by atoms with E-state index in [-0.39, 0.29) is 5.91 Å². The number of anilines is 2. The first-order chi connectivity index (χ1) is 14.7. The van der Waals surface area contributed by atoms with Crippen molar-refractivity contribution in [2.45, 2.75) is 19.8 Å². The Hall–Kier alpha value is -3.05. The summed E-state index contributed by atoms with van der Waals surface area (Å²) in [7, 11) is 0. The highest BCUT2D eigenvalue weighted by atomic mass is 16.3. The van der Waals surface area contributed by atoms with Crippen LogP contribution in [-0.2, 0) is 11.2 Å². The maximum atomic E-state index is 12.6. The van der Waals surface area contributed by atoms with E-state index < -0.39 is 0 Å². The molecule has 5 nitrogen and oxygen atoms in total. The smallest absolute Gasteiger partial charge is 0.224 e. The van der Waals surface area contributed by atoms with Crippen LogP contribution in [0.5, 0.6) is 0 Å². The summed E-state index contributed by atoms with van der Waals surface area (Å²) >= 11 is 0. The number of rotatable bonds is 7. The number of hydrogen-bond donors (Lipinski definition) is 1. The number of benzene rings is 2. The predicted octanol–water partition coefficient (Wildman–Crippen LogP) is 4.66. The van der Waals surface area contributed by atoms with Crippen LogP contribution in [0.2, 0.25) is 0 Å². The molecule has 4 rings (SSSR count). The molecule has 30 heavy (non-hydrogen) atoms. The molecule has 0 radical (unpaired) electrons. The molecule has 1 N–H and O–H groups in total. The van der Waals surface area contributed by atoms with Crippen LogP contribution in [0.3, 0.4) is 0 Å². The fourth-order valence-electron chi connectivity index (χ4n) is 3.88. The van der Waals surface area contributed by atoms with Gasteiger partial charge >= 0.3 is 0 Å². The Morgan fingerprint density at radius 2 is 1.67 bits per heavy atom. The van der Waals surface area contributed by atoms with Crippen molar-refractivity contribution in [1.29, 1.82) is 0 Å². The van der Waals surface area contributed by atoms with E-state index in [0.717, 1.165) is 61.2 Å². The number of nitrogens with one attached hydrogen (secondary N) is 1. The van der Waals surface area contributed by atoms with Crippen LogP contribution in [0, 0.1) is 0 Å². The van der Waals surface area contributed by atoms with Gasteiger partial charge in [-0.25, -0.2) is 0 Å². The first kappa shape index (κ1) is 20.2. The summed E-state index contributed by atoms with van der Waals surface area (Å²) in [5, 5.41) is 3.11. The van der Waals surface area contributed by atoms with Gasteiger partial charge in [-0.15, -0.1) is 0 Å². The molecular formula is C25H29N3O2. The minimum Gasteiger partial charge on any atom is -0.461 e. The largest absolute Gasteiger partial charge is 0.461 e. The summed E-state index contributed by atoms with van der Waals surface area (Å²) in [5.41, 5.74) is 3.04. The molecule has 3 aromatic rings. The number of carbonyl (C=O) groups is 1. The van der Waals surface area contributed by atoms with Crippen molar-refractivity contribution in [3.05, 3.63) is 72.5 Å². The van der Waals surface area contributed by atoms with Crippen molar-refractivity contribution >= 4 is 17.3 Å². The van der Waals surface area contributed by atoms with Gasteiger partial charge in [-0.2, -0.15) is 0 Å². The lowest BCUT2D eigenvalue weighted by Crippen LogP contribution is -2.46. The van der Waals surface area contributed by atoms with E-state index in [2.05, 4.69) is 28.1 Å². The maximum absolute atomic E-state index is 12.6. The van der Waals surface area contributed by atoms with E-state index in [1.54, 1.807) is 0 Å². The Labute approximate surface area is 178 Å². The molecule has 0 atom stereocenters. The minimum atomic E-state index is 0.00676. The van der Waals surface area contributed by atoms with Crippen molar-refractivity contribution in [3.8, 4) is 11.3 Å². The van der Waals surface area contributed by atoms with E-state index in [9.17, 15) is 4.79 Å². The molecule has 2 heterocycles. The molecule has 1 amide bonds. The number of para-hydroxylation sites is 2. The number of likely N-dealkylation sites (N-methyl/N-ethyl adjacent to an activating group) is 1. The van der Waals surface area contributed by atoms with Gasteiger partial charge in [-0.05, 0) is 30.8 Å². The second-order valence-electron chi connectivity index (χ2n) is 7.62. The second-order valence-corrected chi connectivity index (χ2v) is 7.62. The van der Waals surface area contributed by atoms with Crippen LogP contribution >= 0.6 is 0 Å². The molecule has 0 spiro atoms. The number of nitrogens with zero attached hydrogens (tertiary/aromatic N) is 2. The summed E-state index contributed by atoms with van der Waals surface area (Å²) in [6.45, 7) is 7.36. The van der Waals surface area contributed by atoms with Gasteiger partial charge in [-0.1, -0.05) is 49.4 Å². The van der Waals surface area contributed by atoms with Gasteiger partial charge in [0.25, 0.3) is 0 Å². The molecule has 0 bridgehead atoms. The maximum Gasteiger partial charge on any atom is 0.224 e. The minimum absolute atomic E-state index is 0.00676. The third-order valence-corrected chi connectivity index (χ3v) is 5.66. The van der Waals surface area contributed by atoms with Crippen LogP contribution in [0.4, 0.5) is 11.4 Å². The number of furan rings is 1. The van der Waals surface area contributed by atoms with Crippen molar-refractivity contribution in [2.24, 2.45) is 0 Å². The molecule has 156 valence electrons. The third kappa shape index (κ3) is 4.92. The van der Waals surface area contributed by atoms with Gasteiger partial charge in [0.1, 0.15) is 11.5 Å². The Bertz CT molecular complexity index is 959. The van der Waals surface area contributed by atoms with Crippen molar-refractivity contribution in [1.82, 2.24) is 4.90 Å². The quantitative estimate of drug-likeness (QED) is 0.623. The van der Waals surface area contributed by atoms with Crippen LogP contribution in [-0.4, -0.2) is 43.5 Å². The number of amides is 1. The Balaban J connectivity index is 1.34. The zero-order chi connectivity index (χ0) is 20.8. The zero-order valence-electron chi connectivity index (χ0n) is 17.5. The third-order valence-electron chi connectivity index (χ3n) is 5.66. The highest BCUT2D eigenvalue weighted by Gasteiger charge is 2.19. The normalized spacial score (nSPS) is 14.6. The van der Waals surface area contributed by atoms with E-state index in [0.29, 0.717) is 12.8 Å². The monoisotopic (exact) mass is 403 g/mol. The average Bonchev–Trinajstić information content (AvgIpc) is 3.28. The summed E-state index contributed by atoms with van der Waals surface area (Å²) < 4.78 is 5.92. The molecule has 5 heteroatoms. The second kappa shape index (κ2) is 9.63. The molecule has 0 aliphatic carbocycles. The highest BCUT2D eigenvalue weighted by Crippen LogP contribution is 2.27. The van der Waals surface area contributed by atoms with Gasteiger partial charge < -0.3 is 19.5 Å². The van der Waals surface area contributed by atoms with Gasteiger partial charge in [0.15, 0.2) is 0 Å². The van der Waals surface area contributed by atoms with Gasteiger partial charge in [-0.3, -0.25) is 4.79 Å². The average molecular weight is 404 g/mol. The lowest BCUT2D eigenvalue weighted by molar-refractivity contribution is -0.116. The van der Waals surface area contributed by atoms with E-state index >= 15 is 0 Å². The summed E-state index contributed by atoms with van der Waals surface area (Å²) in [4.78, 5) is 17.4. The first-order valence-electron chi connectivity index (χ1n) is 10.7. The SMILES string of the molecule is CCN1CCN(c2ccccc2NC(=O)CCc2ccc(-c3ccccc3)o2)CC1. The molecule has 1 aliphatic rings. The lowest BCUT2D eigenvalue weighted by atomic mass is 10.2. The first-order valence-corrected chi connectivity index (χ1v) is 10.7. The van der Waals surface area contributed by atoms with Crippen molar-refractivity contribution in [3.63, 3.8) is 0 Å². The van der Waals surface area contributed by atoms with E-state index in [1.807, 2.05) is 60.7 Å². The summed E-state index contributed by atoms with van der Waals surface area (Å²) in [6.07, 6.45) is 0.968. The van der Waals surface area contributed by atoms with Gasteiger partial charge in [0.2, 0.25) is 5.91 Å². The summed E-state index contributed by atoms with van der Waals surface area (Å²) in [5.74, 6) is 1.67. The molecule has 0 unspecified atom stereocenters. The molecule has 0 saturated carbocycles. The topological polar surface area (TPSA) is 48.7 Å². The molecule has 1 saturated heterocycles. The fourth-order valence-corrected chi connectivity index (χ4v) is 3.88. The van der Waals surface area contributed by atoms with E-state index in [4.69, 9.17) is 4.42 Å². The Morgan fingerprint density at radius 1 is 0.933 bits per heavy atom. The number of hydrogen-bond acceptors (Lipinski definition) is 4. The molecule has 1 fully saturated rings. The highest BCUT2D eigenvalue weighted by molar-refractivity contribution is 5.94. The van der Waals surface area contributed by atoms with Gasteiger partial charge in [0.05, 0.1) is 11.4 Å². The van der Waals surface area contributed by atoms with Crippen LogP contribution in [0.15, 0.2) is 71.1 Å². The molecule has 1 aliphatic heterocycles. The molecular weight excluding hydrogens is 374 g/mol. The van der Waals surface area contributed by atoms with Crippen LogP contribution in [0.25, 0.3) is 11.3 Å². The number of carbonyl (C=O) groups excluding carboxylic acids is 1. The molecule has 1 aromatic heterocycles. The fraction of sp³-hybridized carbons (Fsp3) is 0.320. The van der Waals surface area contributed by atoms with Crippen LogP contribution in [0.1, 0.15) is 19.1 Å². The van der Waals surface area contributed by atoms with Gasteiger partial charge in [0, 0.05) is 44.6 Å². The Kier molecular flexibility index (Phi) is 6.50. The summed E-state index contributed by atoms with van der Waals surface area (Å²) in [6, 6.07) is 22.0. The van der Waals surface area contributed by atoms with Crippen molar-refractivity contribution in [2.75, 3.05) is 42.9 Å². The lowest BCUT2D eigenvalue weighted by Gasteiger charge is -2.36. The standard InChI is InChI=1S/C25H29N3O2/c1-2-27-16-18-28(19-17-27)23-11-7-6-10-22(23)26-25(29)15-13-21-12-14-24(30-21)20-8-4-3-5-9-20/h3-12,14H,2,13,15-19H2,1H3,(H,26,29). The number of aryl methyl sites for hydroxylation is 1. The van der Waals surface area contributed by atoms with Crippen LogP contribution < -0.4 is 10.2 Å². The van der Waals surface area contributed by atoms with E-state index in [1.165, 1.54) is 0 Å². The number of piperazine rings is 1. The zero-order valence-corrected chi connectivity index (χ0v) is 17.5. The molecule has 2 aromatic carbocycles.